The average molecular weight is 559 g/mol. The SMILES string of the molecule is CC(C)Oc1cc(-c2ccc(CCNC[C@H](O)c3ccccc3)cc2)ccc1C(=O)NS(=O)(=O)c1ccccc1. The van der Waals surface area contributed by atoms with Crippen LogP contribution in [0.25, 0.3) is 11.1 Å². The molecular formula is C32H34N2O5S. The Labute approximate surface area is 235 Å². The number of sulfonamides is 1. The maximum Gasteiger partial charge on any atom is 0.268 e. The van der Waals surface area contributed by atoms with Crippen LogP contribution in [-0.2, 0) is 16.4 Å². The smallest absolute Gasteiger partial charge is 0.268 e. The van der Waals surface area contributed by atoms with Gasteiger partial charge in [0.2, 0.25) is 0 Å². The molecule has 208 valence electrons. The molecule has 8 heteroatoms. The quantitative estimate of drug-likeness (QED) is 0.208. The van der Waals surface area contributed by atoms with Crippen LogP contribution in [-0.4, -0.2) is 38.6 Å². The predicted octanol–water partition coefficient (Wildman–Crippen LogP) is 5.13. The molecule has 0 fully saturated rings. The van der Waals surface area contributed by atoms with Crippen molar-refractivity contribution in [2.45, 2.75) is 37.4 Å². The minimum atomic E-state index is -4.02. The summed E-state index contributed by atoms with van der Waals surface area (Å²) in [6.07, 6.45) is 0.0375. The molecule has 1 atom stereocenters. The molecule has 40 heavy (non-hydrogen) atoms. The first-order valence-corrected chi connectivity index (χ1v) is 14.7. The van der Waals surface area contributed by atoms with Gasteiger partial charge in [0, 0.05) is 6.54 Å². The van der Waals surface area contributed by atoms with Crippen molar-refractivity contribution in [1.82, 2.24) is 10.0 Å². The number of amides is 1. The van der Waals surface area contributed by atoms with Crippen LogP contribution in [0.15, 0.2) is 108 Å². The number of hydrogen-bond acceptors (Lipinski definition) is 6. The first kappa shape index (κ1) is 29.0. The highest BCUT2D eigenvalue weighted by molar-refractivity contribution is 7.90. The molecule has 4 aromatic carbocycles. The molecule has 0 aliphatic carbocycles. The van der Waals surface area contributed by atoms with Gasteiger partial charge in [-0.1, -0.05) is 78.9 Å². The summed E-state index contributed by atoms with van der Waals surface area (Å²) in [5.74, 6) is -0.454. The molecule has 0 aliphatic heterocycles. The van der Waals surface area contributed by atoms with Crippen molar-refractivity contribution in [3.8, 4) is 16.9 Å². The maximum absolute atomic E-state index is 13.0. The molecule has 0 saturated carbocycles. The van der Waals surface area contributed by atoms with Gasteiger partial charge >= 0.3 is 0 Å². The second-order valence-corrected chi connectivity index (χ2v) is 11.4. The summed E-state index contributed by atoms with van der Waals surface area (Å²) < 4.78 is 33.4. The maximum atomic E-state index is 13.0. The predicted molar refractivity (Wildman–Crippen MR) is 157 cm³/mol. The molecule has 0 unspecified atom stereocenters. The monoisotopic (exact) mass is 558 g/mol. The largest absolute Gasteiger partial charge is 0.490 e. The van der Waals surface area contributed by atoms with Crippen molar-refractivity contribution >= 4 is 15.9 Å². The number of nitrogens with one attached hydrogen (secondary N) is 2. The lowest BCUT2D eigenvalue weighted by Gasteiger charge is -2.16. The van der Waals surface area contributed by atoms with E-state index in [0.717, 1.165) is 35.2 Å². The number of benzene rings is 4. The normalized spacial score (nSPS) is 12.2. The van der Waals surface area contributed by atoms with Gasteiger partial charge in [-0.25, -0.2) is 13.1 Å². The Bertz CT molecular complexity index is 1510. The van der Waals surface area contributed by atoms with Gasteiger partial charge in [0.1, 0.15) is 5.75 Å². The second kappa shape index (κ2) is 13.4. The van der Waals surface area contributed by atoms with Gasteiger partial charge in [-0.2, -0.15) is 0 Å². The summed E-state index contributed by atoms with van der Waals surface area (Å²) in [6.45, 7) is 4.89. The Morgan fingerprint density at radius 2 is 1.48 bits per heavy atom. The Balaban J connectivity index is 1.41. The van der Waals surface area contributed by atoms with Crippen LogP contribution in [0.1, 0.15) is 41.4 Å². The minimum Gasteiger partial charge on any atom is -0.490 e. The molecule has 4 aromatic rings. The van der Waals surface area contributed by atoms with Crippen molar-refractivity contribution < 1.29 is 23.1 Å². The van der Waals surface area contributed by atoms with Crippen LogP contribution >= 0.6 is 0 Å². The Morgan fingerprint density at radius 1 is 0.850 bits per heavy atom. The van der Waals surface area contributed by atoms with E-state index in [9.17, 15) is 18.3 Å². The van der Waals surface area contributed by atoms with Crippen molar-refractivity contribution in [2.24, 2.45) is 0 Å². The van der Waals surface area contributed by atoms with E-state index in [0.29, 0.717) is 12.3 Å². The van der Waals surface area contributed by atoms with Crippen LogP contribution < -0.4 is 14.8 Å². The highest BCUT2D eigenvalue weighted by atomic mass is 32.2. The first-order valence-electron chi connectivity index (χ1n) is 13.2. The lowest BCUT2D eigenvalue weighted by molar-refractivity contribution is 0.0975. The van der Waals surface area contributed by atoms with Crippen LogP contribution in [0.3, 0.4) is 0 Å². The molecule has 0 aromatic heterocycles. The van der Waals surface area contributed by atoms with Crippen molar-refractivity contribution in [1.29, 1.82) is 0 Å². The fourth-order valence-corrected chi connectivity index (χ4v) is 5.19. The van der Waals surface area contributed by atoms with Crippen molar-refractivity contribution in [3.63, 3.8) is 0 Å². The van der Waals surface area contributed by atoms with Gasteiger partial charge in [-0.15, -0.1) is 0 Å². The van der Waals surface area contributed by atoms with E-state index >= 15 is 0 Å². The first-order chi connectivity index (χ1) is 19.2. The third-order valence-electron chi connectivity index (χ3n) is 6.27. The average Bonchev–Trinajstić information content (AvgIpc) is 2.96. The molecule has 0 heterocycles. The molecule has 0 radical (unpaired) electrons. The molecule has 0 saturated heterocycles. The molecule has 0 spiro atoms. The molecule has 1 amide bonds. The fraction of sp³-hybridized carbons (Fsp3) is 0.219. The van der Waals surface area contributed by atoms with E-state index in [1.165, 1.54) is 12.1 Å². The Hall–Kier alpha value is -3.98. The van der Waals surface area contributed by atoms with E-state index in [1.807, 2.05) is 68.4 Å². The molecule has 3 N–H and O–H groups in total. The summed E-state index contributed by atoms with van der Waals surface area (Å²) in [4.78, 5) is 13.0. The molecule has 7 nitrogen and oxygen atoms in total. The summed E-state index contributed by atoms with van der Waals surface area (Å²) in [7, 11) is -4.02. The number of aliphatic hydroxyl groups excluding tert-OH is 1. The zero-order chi connectivity index (χ0) is 28.5. The number of carbonyl (C=O) groups is 1. The van der Waals surface area contributed by atoms with Gasteiger partial charge in [0.05, 0.1) is 22.7 Å². The topological polar surface area (TPSA) is 105 Å². The van der Waals surface area contributed by atoms with Crippen LogP contribution in [0.2, 0.25) is 0 Å². The van der Waals surface area contributed by atoms with Crippen LogP contribution in [0, 0.1) is 0 Å². The number of rotatable bonds is 12. The fourth-order valence-electron chi connectivity index (χ4n) is 4.20. The Kier molecular flexibility index (Phi) is 9.71. The van der Waals surface area contributed by atoms with Gasteiger partial charge < -0.3 is 15.2 Å². The standard InChI is InChI=1S/C32H34N2O5S/c1-23(2)39-31-21-27(17-18-29(31)32(36)34-40(37,38)28-11-7-4-8-12-28)25-15-13-24(14-16-25)19-20-33-22-30(35)26-9-5-3-6-10-26/h3-18,21,23,30,33,35H,19-20,22H2,1-2H3,(H,34,36)/t30-/m0/s1. The zero-order valence-electron chi connectivity index (χ0n) is 22.6. The lowest BCUT2D eigenvalue weighted by Crippen LogP contribution is -2.31. The lowest BCUT2D eigenvalue weighted by atomic mass is 10.0. The highest BCUT2D eigenvalue weighted by Crippen LogP contribution is 2.29. The van der Waals surface area contributed by atoms with Crippen molar-refractivity contribution in [2.75, 3.05) is 13.1 Å². The number of ether oxygens (including phenoxy) is 1. The molecule has 0 aliphatic rings. The molecule has 4 rings (SSSR count). The molecular weight excluding hydrogens is 524 g/mol. The number of aliphatic hydroxyl groups is 1. The van der Waals surface area contributed by atoms with Gasteiger partial charge in [-0.05, 0) is 73.3 Å². The van der Waals surface area contributed by atoms with Gasteiger partial charge in [-0.3, -0.25) is 4.79 Å². The van der Waals surface area contributed by atoms with E-state index in [-0.39, 0.29) is 16.6 Å². The van der Waals surface area contributed by atoms with E-state index in [2.05, 4.69) is 10.0 Å². The van der Waals surface area contributed by atoms with Gasteiger partial charge in [0.15, 0.2) is 0 Å². The summed E-state index contributed by atoms with van der Waals surface area (Å²) >= 11 is 0. The second-order valence-electron chi connectivity index (χ2n) is 9.70. The Morgan fingerprint density at radius 3 is 2.12 bits per heavy atom. The summed E-state index contributed by atoms with van der Waals surface area (Å²) in [6, 6.07) is 30.5. The third kappa shape index (κ3) is 7.79. The van der Waals surface area contributed by atoms with Crippen molar-refractivity contribution in [3.05, 3.63) is 120 Å². The number of carbonyl (C=O) groups excluding carboxylic acids is 1. The van der Waals surface area contributed by atoms with E-state index in [4.69, 9.17) is 4.74 Å². The third-order valence-corrected chi connectivity index (χ3v) is 7.62. The summed E-state index contributed by atoms with van der Waals surface area (Å²) in [5, 5.41) is 13.6. The molecule has 0 bridgehead atoms. The number of hydrogen-bond donors (Lipinski definition) is 3. The van der Waals surface area contributed by atoms with Crippen LogP contribution in [0.4, 0.5) is 0 Å². The van der Waals surface area contributed by atoms with Crippen LogP contribution in [0.5, 0.6) is 5.75 Å². The van der Waals surface area contributed by atoms with E-state index in [1.54, 1.807) is 36.4 Å². The summed E-state index contributed by atoms with van der Waals surface area (Å²) in [5.41, 5.74) is 3.95. The zero-order valence-corrected chi connectivity index (χ0v) is 23.4. The van der Waals surface area contributed by atoms with Gasteiger partial charge in [0.25, 0.3) is 15.9 Å². The highest BCUT2D eigenvalue weighted by Gasteiger charge is 2.22. The van der Waals surface area contributed by atoms with E-state index < -0.39 is 22.0 Å². The minimum absolute atomic E-state index is 0.00830.